The summed E-state index contributed by atoms with van der Waals surface area (Å²) in [6, 6.07) is 5.45. The molecule has 1 fully saturated rings. The van der Waals surface area contributed by atoms with E-state index in [9.17, 15) is 19.8 Å². The van der Waals surface area contributed by atoms with Gasteiger partial charge in [0, 0.05) is 0 Å². The van der Waals surface area contributed by atoms with E-state index < -0.39 is 12.0 Å². The van der Waals surface area contributed by atoms with Gasteiger partial charge in [0.15, 0.2) is 0 Å². The number of amides is 1. The van der Waals surface area contributed by atoms with E-state index in [-0.39, 0.29) is 16.0 Å². The van der Waals surface area contributed by atoms with E-state index in [1.54, 1.807) is 18.2 Å². The summed E-state index contributed by atoms with van der Waals surface area (Å²) in [5.74, 6) is -1.30. The fraction of sp³-hybridized carbons (Fsp3) is 0.267. The van der Waals surface area contributed by atoms with Crippen LogP contribution in [-0.4, -0.2) is 37.4 Å². The lowest BCUT2D eigenvalue weighted by Gasteiger charge is -2.22. The van der Waals surface area contributed by atoms with Crippen molar-refractivity contribution in [2.75, 3.05) is 0 Å². The van der Waals surface area contributed by atoms with E-state index in [4.69, 9.17) is 12.2 Å². The predicted molar refractivity (Wildman–Crippen MR) is 89.5 cm³/mol. The molecule has 0 aliphatic carbocycles. The van der Waals surface area contributed by atoms with Crippen LogP contribution in [-0.2, 0) is 9.59 Å². The molecule has 5 nitrogen and oxygen atoms in total. The summed E-state index contributed by atoms with van der Waals surface area (Å²) in [5.41, 5.74) is 0.737. The van der Waals surface area contributed by atoms with Gasteiger partial charge < -0.3 is 10.2 Å². The first-order chi connectivity index (χ1) is 10.4. The molecule has 1 atom stereocenters. The van der Waals surface area contributed by atoms with E-state index in [1.165, 1.54) is 17.0 Å². The number of rotatable bonds is 5. The molecule has 1 aromatic carbocycles. The third-order valence-corrected chi connectivity index (χ3v) is 4.50. The van der Waals surface area contributed by atoms with Crippen LogP contribution in [0.5, 0.6) is 5.75 Å². The molecule has 2 N–H and O–H groups in total. The van der Waals surface area contributed by atoms with Gasteiger partial charge in [0.2, 0.25) is 0 Å². The molecule has 22 heavy (non-hydrogen) atoms. The van der Waals surface area contributed by atoms with E-state index in [0.717, 1.165) is 17.3 Å². The SMILES string of the molecule is CCC[C@@H](C(=O)O)N1C(=O)/C(=C\c2ccc(O)cc2)SC1=S. The van der Waals surface area contributed by atoms with Crippen molar-refractivity contribution in [2.24, 2.45) is 0 Å². The van der Waals surface area contributed by atoms with Crippen molar-refractivity contribution in [1.82, 2.24) is 4.90 Å². The molecule has 1 aromatic rings. The Kier molecular flexibility index (Phi) is 5.20. The summed E-state index contributed by atoms with van der Waals surface area (Å²) < 4.78 is 0.260. The highest BCUT2D eigenvalue weighted by atomic mass is 32.2. The quantitative estimate of drug-likeness (QED) is 0.635. The number of phenols is 1. The van der Waals surface area contributed by atoms with E-state index in [1.807, 2.05) is 6.92 Å². The van der Waals surface area contributed by atoms with Gasteiger partial charge in [-0.3, -0.25) is 9.69 Å². The molecule has 0 saturated carbocycles. The Morgan fingerprint density at radius 1 is 1.41 bits per heavy atom. The molecular formula is C15H15NO4S2. The molecule has 0 bridgehead atoms. The summed E-state index contributed by atoms with van der Waals surface area (Å²) in [5, 5.41) is 18.6. The summed E-state index contributed by atoms with van der Waals surface area (Å²) in [7, 11) is 0. The highest BCUT2D eigenvalue weighted by Crippen LogP contribution is 2.35. The number of benzene rings is 1. The summed E-state index contributed by atoms with van der Waals surface area (Å²) in [4.78, 5) is 25.4. The zero-order valence-electron chi connectivity index (χ0n) is 11.9. The van der Waals surface area contributed by atoms with Crippen LogP contribution in [0.2, 0.25) is 0 Å². The number of carboxylic acid groups (broad SMARTS) is 1. The van der Waals surface area contributed by atoms with Crippen LogP contribution in [0, 0.1) is 0 Å². The van der Waals surface area contributed by atoms with Crippen LogP contribution in [0.1, 0.15) is 25.3 Å². The number of hydrogen-bond acceptors (Lipinski definition) is 5. The summed E-state index contributed by atoms with van der Waals surface area (Å²) in [6.45, 7) is 1.86. The number of phenolic OH excluding ortho intramolecular Hbond substituents is 1. The Bertz CT molecular complexity index is 639. The second kappa shape index (κ2) is 6.93. The average Bonchev–Trinajstić information content (AvgIpc) is 2.73. The first kappa shape index (κ1) is 16.5. The Labute approximate surface area is 137 Å². The van der Waals surface area contributed by atoms with E-state index in [0.29, 0.717) is 17.7 Å². The minimum absolute atomic E-state index is 0.138. The summed E-state index contributed by atoms with van der Waals surface area (Å²) >= 11 is 6.26. The highest BCUT2D eigenvalue weighted by Gasteiger charge is 2.39. The van der Waals surface area contributed by atoms with Crippen molar-refractivity contribution < 1.29 is 19.8 Å². The molecule has 0 unspecified atom stereocenters. The molecule has 0 aromatic heterocycles. The maximum absolute atomic E-state index is 12.4. The second-order valence-electron chi connectivity index (χ2n) is 4.79. The maximum atomic E-state index is 12.4. The Morgan fingerprint density at radius 2 is 2.05 bits per heavy atom. The molecule has 0 radical (unpaired) electrons. The lowest BCUT2D eigenvalue weighted by Crippen LogP contribution is -2.43. The first-order valence-electron chi connectivity index (χ1n) is 6.73. The molecule has 2 rings (SSSR count). The Hall–Kier alpha value is -1.86. The molecule has 116 valence electrons. The smallest absolute Gasteiger partial charge is 0.326 e. The third kappa shape index (κ3) is 3.48. The van der Waals surface area contributed by atoms with Crippen LogP contribution in [0.15, 0.2) is 29.2 Å². The van der Waals surface area contributed by atoms with Crippen molar-refractivity contribution in [3.63, 3.8) is 0 Å². The number of carbonyl (C=O) groups excluding carboxylic acids is 1. The van der Waals surface area contributed by atoms with Crippen molar-refractivity contribution in [3.8, 4) is 5.75 Å². The first-order valence-corrected chi connectivity index (χ1v) is 7.95. The number of aromatic hydroxyl groups is 1. The minimum Gasteiger partial charge on any atom is -0.508 e. The number of thiocarbonyl (C=S) groups is 1. The van der Waals surface area contributed by atoms with Crippen LogP contribution in [0.3, 0.4) is 0 Å². The number of aliphatic carboxylic acids is 1. The molecule has 1 aliphatic rings. The fourth-order valence-corrected chi connectivity index (χ4v) is 3.46. The fourth-order valence-electron chi connectivity index (χ4n) is 2.11. The normalized spacial score (nSPS) is 18.0. The van der Waals surface area contributed by atoms with E-state index in [2.05, 4.69) is 0 Å². The van der Waals surface area contributed by atoms with Crippen LogP contribution in [0.4, 0.5) is 0 Å². The average molecular weight is 337 g/mol. The van der Waals surface area contributed by atoms with Gasteiger partial charge in [0.05, 0.1) is 4.91 Å². The third-order valence-electron chi connectivity index (χ3n) is 3.17. The van der Waals surface area contributed by atoms with Gasteiger partial charge in [0.1, 0.15) is 16.1 Å². The van der Waals surface area contributed by atoms with Gasteiger partial charge in [0.25, 0.3) is 5.91 Å². The van der Waals surface area contributed by atoms with E-state index >= 15 is 0 Å². The van der Waals surface area contributed by atoms with Gasteiger partial charge in [-0.05, 0) is 30.2 Å². The molecule has 7 heteroatoms. The second-order valence-corrected chi connectivity index (χ2v) is 6.46. The molecule has 1 aliphatic heterocycles. The Balaban J connectivity index is 2.27. The molecular weight excluding hydrogens is 322 g/mol. The van der Waals surface area contributed by atoms with Crippen molar-refractivity contribution in [3.05, 3.63) is 34.7 Å². The van der Waals surface area contributed by atoms with Crippen molar-refractivity contribution in [2.45, 2.75) is 25.8 Å². The van der Waals surface area contributed by atoms with Gasteiger partial charge in [-0.25, -0.2) is 4.79 Å². The van der Waals surface area contributed by atoms with Crippen LogP contribution in [0.25, 0.3) is 6.08 Å². The molecule has 1 saturated heterocycles. The van der Waals surface area contributed by atoms with Gasteiger partial charge in [-0.1, -0.05) is 49.5 Å². The monoisotopic (exact) mass is 337 g/mol. The number of thioether (sulfide) groups is 1. The van der Waals surface area contributed by atoms with Crippen molar-refractivity contribution >= 4 is 46.3 Å². The zero-order chi connectivity index (χ0) is 16.3. The molecule has 1 heterocycles. The standard InChI is InChI=1S/C15H15NO4S2/c1-2-3-11(14(19)20)16-13(18)12(22-15(16)21)8-9-4-6-10(17)7-5-9/h4-8,11,17H,2-3H2,1H3,(H,19,20)/b12-8+/t11-/m0/s1. The zero-order valence-corrected chi connectivity index (χ0v) is 13.5. The summed E-state index contributed by atoms with van der Waals surface area (Å²) in [6.07, 6.45) is 2.64. The topological polar surface area (TPSA) is 77.8 Å². The maximum Gasteiger partial charge on any atom is 0.326 e. The number of nitrogens with zero attached hydrogens (tertiary/aromatic N) is 1. The number of carboxylic acids is 1. The van der Waals surface area contributed by atoms with Gasteiger partial charge >= 0.3 is 5.97 Å². The van der Waals surface area contributed by atoms with Crippen molar-refractivity contribution in [1.29, 1.82) is 0 Å². The number of hydrogen-bond donors (Lipinski definition) is 2. The molecule has 0 spiro atoms. The number of carbonyl (C=O) groups is 2. The van der Waals surface area contributed by atoms with Gasteiger partial charge in [-0.2, -0.15) is 0 Å². The minimum atomic E-state index is -1.05. The highest BCUT2D eigenvalue weighted by molar-refractivity contribution is 8.26. The largest absolute Gasteiger partial charge is 0.508 e. The van der Waals surface area contributed by atoms with Gasteiger partial charge in [-0.15, -0.1) is 0 Å². The van der Waals surface area contributed by atoms with Crippen LogP contribution < -0.4 is 0 Å². The predicted octanol–water partition coefficient (Wildman–Crippen LogP) is 2.85. The molecule has 1 amide bonds. The van der Waals surface area contributed by atoms with Crippen LogP contribution >= 0.6 is 24.0 Å². The Morgan fingerprint density at radius 3 is 2.59 bits per heavy atom. The lowest BCUT2D eigenvalue weighted by molar-refractivity contribution is -0.145. The lowest BCUT2D eigenvalue weighted by atomic mass is 10.1.